The molecular weight excluding hydrogens is 368 g/mol. The fourth-order valence-electron chi connectivity index (χ4n) is 2.76. The molecule has 0 saturated heterocycles. The number of nitrogens with zero attached hydrogens (tertiary/aromatic N) is 2. The summed E-state index contributed by atoms with van der Waals surface area (Å²) < 4.78 is 10.7. The van der Waals surface area contributed by atoms with Crippen LogP contribution >= 0.6 is 0 Å². The average molecular weight is 392 g/mol. The minimum atomic E-state index is -0.269. The number of ether oxygens (including phenoxy) is 2. The first-order chi connectivity index (χ1) is 14.2. The number of rotatable bonds is 9. The van der Waals surface area contributed by atoms with Crippen molar-refractivity contribution in [2.45, 2.75) is 13.3 Å². The monoisotopic (exact) mass is 392 g/mol. The van der Waals surface area contributed by atoms with Gasteiger partial charge in [-0.05, 0) is 49.2 Å². The summed E-state index contributed by atoms with van der Waals surface area (Å²) in [5, 5.41) is 5.97. The highest BCUT2D eigenvalue weighted by molar-refractivity contribution is 6.03. The topological polar surface area (TPSA) is 85.4 Å². The number of carbonyl (C=O) groups is 1. The van der Waals surface area contributed by atoms with Crippen LogP contribution in [0.2, 0.25) is 0 Å². The number of para-hydroxylation sites is 1. The molecule has 0 aliphatic rings. The van der Waals surface area contributed by atoms with E-state index in [1.807, 2.05) is 43.3 Å². The zero-order chi connectivity index (χ0) is 20.5. The zero-order valence-corrected chi connectivity index (χ0v) is 16.5. The van der Waals surface area contributed by atoms with Crippen LogP contribution < -0.4 is 20.1 Å². The van der Waals surface area contributed by atoms with Gasteiger partial charge in [0.25, 0.3) is 5.91 Å². The molecule has 29 heavy (non-hydrogen) atoms. The number of methoxy groups -OCH3 is 1. The standard InChI is InChI=1S/C22H24N4O3/c1-3-29-19-10-8-18(9-11-19)26-21(27)17-14-24-22(25-15-17)23-13-12-16-6-4-5-7-20(16)28-2/h4-11,14-15H,3,12-13H2,1-2H3,(H,26,27)(H,23,24,25). The minimum absolute atomic E-state index is 0.269. The molecule has 3 rings (SSSR count). The SMILES string of the molecule is CCOc1ccc(NC(=O)c2cnc(NCCc3ccccc3OC)nc2)cc1. The van der Waals surface area contributed by atoms with Gasteiger partial charge in [-0.2, -0.15) is 0 Å². The molecule has 3 aromatic rings. The Labute approximate surface area is 170 Å². The Kier molecular flexibility index (Phi) is 7.00. The Bertz CT molecular complexity index is 928. The van der Waals surface area contributed by atoms with E-state index < -0.39 is 0 Å². The van der Waals surface area contributed by atoms with E-state index in [1.165, 1.54) is 12.4 Å². The van der Waals surface area contributed by atoms with Gasteiger partial charge in [-0.25, -0.2) is 9.97 Å². The van der Waals surface area contributed by atoms with E-state index in [9.17, 15) is 4.79 Å². The molecule has 0 radical (unpaired) electrons. The van der Waals surface area contributed by atoms with Crippen LogP contribution in [0.25, 0.3) is 0 Å². The highest BCUT2D eigenvalue weighted by Gasteiger charge is 2.08. The molecule has 2 aromatic carbocycles. The molecule has 0 aliphatic heterocycles. The van der Waals surface area contributed by atoms with Crippen LogP contribution in [0.1, 0.15) is 22.8 Å². The summed E-state index contributed by atoms with van der Waals surface area (Å²) in [5.41, 5.74) is 2.17. The third-order valence-electron chi connectivity index (χ3n) is 4.21. The molecule has 0 atom stereocenters. The lowest BCUT2D eigenvalue weighted by molar-refractivity contribution is 0.102. The number of hydrogen-bond acceptors (Lipinski definition) is 6. The third-order valence-corrected chi connectivity index (χ3v) is 4.21. The van der Waals surface area contributed by atoms with Crippen molar-refractivity contribution in [2.75, 3.05) is 30.9 Å². The first-order valence-corrected chi connectivity index (χ1v) is 9.41. The molecule has 7 nitrogen and oxygen atoms in total. The number of anilines is 2. The molecule has 2 N–H and O–H groups in total. The van der Waals surface area contributed by atoms with Crippen molar-refractivity contribution in [1.82, 2.24) is 9.97 Å². The predicted molar refractivity (Wildman–Crippen MR) is 113 cm³/mol. The summed E-state index contributed by atoms with van der Waals surface area (Å²) >= 11 is 0. The fourth-order valence-corrected chi connectivity index (χ4v) is 2.76. The van der Waals surface area contributed by atoms with Crippen LogP contribution in [0, 0.1) is 0 Å². The maximum absolute atomic E-state index is 12.3. The molecule has 0 aliphatic carbocycles. The number of carbonyl (C=O) groups excluding carboxylic acids is 1. The van der Waals surface area contributed by atoms with Gasteiger partial charge in [0.2, 0.25) is 5.95 Å². The Morgan fingerprint density at radius 2 is 1.76 bits per heavy atom. The second-order valence-electron chi connectivity index (χ2n) is 6.20. The molecule has 0 spiro atoms. The van der Waals surface area contributed by atoms with Crippen LogP contribution in [0.3, 0.4) is 0 Å². The average Bonchev–Trinajstić information content (AvgIpc) is 2.76. The minimum Gasteiger partial charge on any atom is -0.496 e. The number of hydrogen-bond donors (Lipinski definition) is 2. The maximum atomic E-state index is 12.3. The molecule has 1 aromatic heterocycles. The molecular formula is C22H24N4O3. The fraction of sp³-hybridized carbons (Fsp3) is 0.227. The molecule has 0 fully saturated rings. The molecule has 150 valence electrons. The highest BCUT2D eigenvalue weighted by atomic mass is 16.5. The van der Waals surface area contributed by atoms with Crippen LogP contribution in [0.5, 0.6) is 11.5 Å². The molecule has 0 bridgehead atoms. The summed E-state index contributed by atoms with van der Waals surface area (Å²) in [6.45, 7) is 3.17. The van der Waals surface area contributed by atoms with Crippen molar-refractivity contribution in [3.63, 3.8) is 0 Å². The van der Waals surface area contributed by atoms with Crippen LogP contribution in [-0.4, -0.2) is 36.1 Å². The van der Waals surface area contributed by atoms with Crippen LogP contribution in [0.15, 0.2) is 60.9 Å². The Hall–Kier alpha value is -3.61. The largest absolute Gasteiger partial charge is 0.496 e. The van der Waals surface area contributed by atoms with Gasteiger partial charge < -0.3 is 20.1 Å². The maximum Gasteiger partial charge on any atom is 0.258 e. The van der Waals surface area contributed by atoms with Crippen LogP contribution in [-0.2, 0) is 6.42 Å². The molecule has 7 heteroatoms. The van der Waals surface area contributed by atoms with Crippen molar-refractivity contribution in [3.8, 4) is 11.5 Å². The first-order valence-electron chi connectivity index (χ1n) is 9.41. The van der Waals surface area contributed by atoms with Crippen molar-refractivity contribution in [1.29, 1.82) is 0 Å². The van der Waals surface area contributed by atoms with E-state index in [4.69, 9.17) is 9.47 Å². The van der Waals surface area contributed by atoms with E-state index in [0.29, 0.717) is 30.4 Å². The second-order valence-corrected chi connectivity index (χ2v) is 6.20. The summed E-state index contributed by atoms with van der Waals surface area (Å²) in [5.74, 6) is 1.82. The van der Waals surface area contributed by atoms with E-state index in [1.54, 1.807) is 19.2 Å². The third kappa shape index (κ3) is 5.68. The van der Waals surface area contributed by atoms with E-state index in [-0.39, 0.29) is 5.91 Å². The summed E-state index contributed by atoms with van der Waals surface area (Å²) in [4.78, 5) is 20.8. The highest BCUT2D eigenvalue weighted by Crippen LogP contribution is 2.18. The van der Waals surface area contributed by atoms with Gasteiger partial charge in [0, 0.05) is 24.6 Å². The Morgan fingerprint density at radius 3 is 2.45 bits per heavy atom. The summed E-state index contributed by atoms with van der Waals surface area (Å²) in [7, 11) is 1.66. The summed E-state index contributed by atoms with van der Waals surface area (Å²) in [6.07, 6.45) is 3.78. The van der Waals surface area contributed by atoms with E-state index >= 15 is 0 Å². The van der Waals surface area contributed by atoms with Gasteiger partial charge in [-0.1, -0.05) is 18.2 Å². The zero-order valence-electron chi connectivity index (χ0n) is 16.5. The van der Waals surface area contributed by atoms with Crippen LogP contribution in [0.4, 0.5) is 11.6 Å². The lowest BCUT2D eigenvalue weighted by atomic mass is 10.1. The molecule has 1 amide bonds. The molecule has 0 saturated carbocycles. The molecule has 0 unspecified atom stereocenters. The van der Waals surface area contributed by atoms with Crippen molar-refractivity contribution < 1.29 is 14.3 Å². The van der Waals surface area contributed by atoms with Crippen molar-refractivity contribution in [2.24, 2.45) is 0 Å². The van der Waals surface area contributed by atoms with E-state index in [0.717, 1.165) is 23.5 Å². The number of aromatic nitrogens is 2. The lowest BCUT2D eigenvalue weighted by Crippen LogP contribution is -2.14. The van der Waals surface area contributed by atoms with Gasteiger partial charge in [0.05, 0.1) is 19.3 Å². The number of nitrogens with one attached hydrogen (secondary N) is 2. The second kappa shape index (κ2) is 10.1. The lowest BCUT2D eigenvalue weighted by Gasteiger charge is -2.09. The van der Waals surface area contributed by atoms with Crippen molar-refractivity contribution >= 4 is 17.5 Å². The van der Waals surface area contributed by atoms with Crippen molar-refractivity contribution in [3.05, 3.63) is 72.1 Å². The van der Waals surface area contributed by atoms with Gasteiger partial charge in [0.15, 0.2) is 0 Å². The number of benzene rings is 2. The predicted octanol–water partition coefficient (Wildman–Crippen LogP) is 3.79. The Morgan fingerprint density at radius 1 is 1.03 bits per heavy atom. The van der Waals surface area contributed by atoms with Gasteiger partial charge >= 0.3 is 0 Å². The van der Waals surface area contributed by atoms with Gasteiger partial charge in [-0.3, -0.25) is 4.79 Å². The summed E-state index contributed by atoms with van der Waals surface area (Å²) in [6, 6.07) is 15.1. The van der Waals surface area contributed by atoms with Gasteiger partial charge in [-0.15, -0.1) is 0 Å². The van der Waals surface area contributed by atoms with E-state index in [2.05, 4.69) is 20.6 Å². The smallest absolute Gasteiger partial charge is 0.258 e. The van der Waals surface area contributed by atoms with Gasteiger partial charge in [0.1, 0.15) is 11.5 Å². The molecule has 1 heterocycles. The Balaban J connectivity index is 1.52. The number of amides is 1. The quantitative estimate of drug-likeness (QED) is 0.576. The first kappa shape index (κ1) is 20.1. The normalized spacial score (nSPS) is 10.3.